The SMILES string of the molecule is CCc1ccc(-c2nc(C)c(CCO)n2C)cc1. The molecule has 0 atom stereocenters. The number of hydrogen-bond acceptors (Lipinski definition) is 2. The van der Waals surface area contributed by atoms with Gasteiger partial charge in [0.15, 0.2) is 0 Å². The predicted octanol–water partition coefficient (Wildman–Crippen LogP) is 2.49. The van der Waals surface area contributed by atoms with E-state index >= 15 is 0 Å². The van der Waals surface area contributed by atoms with Crippen LogP contribution in [-0.2, 0) is 19.9 Å². The number of aliphatic hydroxyl groups is 1. The number of nitrogens with zero attached hydrogens (tertiary/aromatic N) is 2. The third-order valence-corrected chi connectivity index (χ3v) is 3.38. The van der Waals surface area contributed by atoms with Crippen LogP contribution < -0.4 is 0 Å². The van der Waals surface area contributed by atoms with Gasteiger partial charge in [-0.3, -0.25) is 0 Å². The molecule has 3 nitrogen and oxygen atoms in total. The molecule has 0 unspecified atom stereocenters. The minimum absolute atomic E-state index is 0.161. The first-order valence-electron chi connectivity index (χ1n) is 6.39. The third-order valence-electron chi connectivity index (χ3n) is 3.38. The van der Waals surface area contributed by atoms with Crippen molar-refractivity contribution in [3.05, 3.63) is 41.2 Å². The van der Waals surface area contributed by atoms with Gasteiger partial charge in [-0.25, -0.2) is 4.98 Å². The zero-order valence-electron chi connectivity index (χ0n) is 11.3. The fourth-order valence-corrected chi connectivity index (χ4v) is 2.27. The highest BCUT2D eigenvalue weighted by molar-refractivity contribution is 5.57. The highest BCUT2D eigenvalue weighted by Gasteiger charge is 2.12. The molecule has 18 heavy (non-hydrogen) atoms. The van der Waals surface area contributed by atoms with Gasteiger partial charge in [-0.2, -0.15) is 0 Å². The van der Waals surface area contributed by atoms with E-state index in [-0.39, 0.29) is 6.61 Å². The minimum atomic E-state index is 0.161. The monoisotopic (exact) mass is 244 g/mol. The first-order valence-corrected chi connectivity index (χ1v) is 6.39. The molecule has 0 saturated heterocycles. The molecule has 0 spiro atoms. The normalized spacial score (nSPS) is 10.9. The number of imidazole rings is 1. The largest absolute Gasteiger partial charge is 0.396 e. The molecule has 0 aliphatic rings. The van der Waals surface area contributed by atoms with Gasteiger partial charge in [0, 0.05) is 31.3 Å². The molecule has 0 aliphatic heterocycles. The molecule has 0 bridgehead atoms. The molecule has 1 aromatic heterocycles. The molecule has 3 heteroatoms. The molecule has 96 valence electrons. The van der Waals surface area contributed by atoms with Crippen LogP contribution in [0.2, 0.25) is 0 Å². The first kappa shape index (κ1) is 12.8. The van der Waals surface area contributed by atoms with Gasteiger partial charge in [-0.15, -0.1) is 0 Å². The Balaban J connectivity index is 2.40. The van der Waals surface area contributed by atoms with Crippen LogP contribution >= 0.6 is 0 Å². The van der Waals surface area contributed by atoms with E-state index < -0.39 is 0 Å². The average Bonchev–Trinajstić information content (AvgIpc) is 2.67. The van der Waals surface area contributed by atoms with Crippen LogP contribution in [0.4, 0.5) is 0 Å². The second kappa shape index (κ2) is 5.36. The molecule has 0 fully saturated rings. The fourth-order valence-electron chi connectivity index (χ4n) is 2.27. The molecule has 2 rings (SSSR count). The van der Waals surface area contributed by atoms with Crippen molar-refractivity contribution in [3.8, 4) is 11.4 Å². The zero-order chi connectivity index (χ0) is 13.1. The fraction of sp³-hybridized carbons (Fsp3) is 0.400. The second-order valence-corrected chi connectivity index (χ2v) is 4.55. The summed E-state index contributed by atoms with van der Waals surface area (Å²) >= 11 is 0. The summed E-state index contributed by atoms with van der Waals surface area (Å²) in [5.41, 5.74) is 4.57. The Bertz CT molecular complexity index is 526. The van der Waals surface area contributed by atoms with E-state index in [9.17, 15) is 0 Å². The summed E-state index contributed by atoms with van der Waals surface area (Å²) in [6, 6.07) is 8.52. The van der Waals surface area contributed by atoms with E-state index in [1.165, 1.54) is 5.56 Å². The molecule has 2 aromatic rings. The summed E-state index contributed by atoms with van der Waals surface area (Å²) < 4.78 is 2.08. The van der Waals surface area contributed by atoms with E-state index in [1.54, 1.807) is 0 Å². The Hall–Kier alpha value is -1.61. The summed E-state index contributed by atoms with van der Waals surface area (Å²) in [5.74, 6) is 0.971. The summed E-state index contributed by atoms with van der Waals surface area (Å²) in [5, 5.41) is 9.08. The van der Waals surface area contributed by atoms with Gasteiger partial charge >= 0.3 is 0 Å². The maximum Gasteiger partial charge on any atom is 0.140 e. The quantitative estimate of drug-likeness (QED) is 0.897. The van der Waals surface area contributed by atoms with Crippen LogP contribution in [0.1, 0.15) is 23.9 Å². The van der Waals surface area contributed by atoms with Crippen molar-refractivity contribution in [2.75, 3.05) is 6.61 Å². The highest BCUT2D eigenvalue weighted by Crippen LogP contribution is 2.22. The summed E-state index contributed by atoms with van der Waals surface area (Å²) in [6.45, 7) is 4.31. The van der Waals surface area contributed by atoms with Crippen LogP contribution in [0.15, 0.2) is 24.3 Å². The molecule has 1 aromatic carbocycles. The molecule has 1 N–H and O–H groups in total. The number of aryl methyl sites for hydroxylation is 2. The lowest BCUT2D eigenvalue weighted by molar-refractivity contribution is 0.296. The van der Waals surface area contributed by atoms with Crippen molar-refractivity contribution < 1.29 is 5.11 Å². The molecule has 0 saturated carbocycles. The Labute approximate surface area is 108 Å². The summed E-state index contributed by atoms with van der Waals surface area (Å²) in [6.07, 6.45) is 1.71. The molecule has 0 radical (unpaired) electrons. The van der Waals surface area contributed by atoms with Crippen molar-refractivity contribution in [3.63, 3.8) is 0 Å². The average molecular weight is 244 g/mol. The van der Waals surface area contributed by atoms with Crippen molar-refractivity contribution in [2.24, 2.45) is 7.05 Å². The van der Waals surface area contributed by atoms with E-state index in [4.69, 9.17) is 5.11 Å². The van der Waals surface area contributed by atoms with E-state index in [0.29, 0.717) is 6.42 Å². The standard InChI is InChI=1S/C15H20N2O/c1-4-12-5-7-13(8-6-12)15-16-11(2)14(9-10-18)17(15)3/h5-8,18H,4,9-10H2,1-3H3. The molecule has 1 heterocycles. The van der Waals surface area contributed by atoms with Gasteiger partial charge in [-0.1, -0.05) is 31.2 Å². The van der Waals surface area contributed by atoms with Crippen molar-refractivity contribution >= 4 is 0 Å². The summed E-state index contributed by atoms with van der Waals surface area (Å²) in [4.78, 5) is 4.61. The number of aliphatic hydroxyl groups excluding tert-OH is 1. The van der Waals surface area contributed by atoms with Crippen LogP contribution in [0.5, 0.6) is 0 Å². The number of benzene rings is 1. The Morgan fingerprint density at radius 2 is 1.89 bits per heavy atom. The maximum atomic E-state index is 9.08. The molecule has 0 aliphatic carbocycles. The Kier molecular flexibility index (Phi) is 3.82. The Morgan fingerprint density at radius 3 is 2.44 bits per heavy atom. The summed E-state index contributed by atoms with van der Waals surface area (Å²) in [7, 11) is 2.01. The lowest BCUT2D eigenvalue weighted by atomic mass is 10.1. The van der Waals surface area contributed by atoms with E-state index in [0.717, 1.165) is 29.2 Å². The van der Waals surface area contributed by atoms with Gasteiger partial charge in [0.1, 0.15) is 5.82 Å². The topological polar surface area (TPSA) is 38.1 Å². The van der Waals surface area contributed by atoms with Crippen LogP contribution in [0, 0.1) is 6.92 Å². The highest BCUT2D eigenvalue weighted by atomic mass is 16.3. The number of rotatable bonds is 4. The van der Waals surface area contributed by atoms with Crippen LogP contribution in [0.3, 0.4) is 0 Å². The predicted molar refractivity (Wildman–Crippen MR) is 73.5 cm³/mol. The second-order valence-electron chi connectivity index (χ2n) is 4.55. The first-order chi connectivity index (χ1) is 8.67. The zero-order valence-corrected chi connectivity index (χ0v) is 11.3. The van der Waals surface area contributed by atoms with Crippen LogP contribution in [0.25, 0.3) is 11.4 Å². The van der Waals surface area contributed by atoms with Crippen molar-refractivity contribution in [1.82, 2.24) is 9.55 Å². The van der Waals surface area contributed by atoms with Crippen LogP contribution in [-0.4, -0.2) is 21.3 Å². The van der Waals surface area contributed by atoms with Crippen molar-refractivity contribution in [1.29, 1.82) is 0 Å². The van der Waals surface area contributed by atoms with Crippen molar-refractivity contribution in [2.45, 2.75) is 26.7 Å². The van der Waals surface area contributed by atoms with Gasteiger partial charge in [0.25, 0.3) is 0 Å². The molecule has 0 amide bonds. The third kappa shape index (κ3) is 2.31. The number of hydrogen-bond donors (Lipinski definition) is 1. The van der Waals surface area contributed by atoms with Gasteiger partial charge in [0.05, 0.1) is 5.69 Å². The van der Waals surface area contributed by atoms with Gasteiger partial charge in [0.2, 0.25) is 0 Å². The lowest BCUT2D eigenvalue weighted by Crippen LogP contribution is -2.02. The molecular formula is C15H20N2O. The smallest absolute Gasteiger partial charge is 0.140 e. The van der Waals surface area contributed by atoms with E-state index in [1.807, 2.05) is 14.0 Å². The van der Waals surface area contributed by atoms with E-state index in [2.05, 4.69) is 40.7 Å². The Morgan fingerprint density at radius 1 is 1.22 bits per heavy atom. The van der Waals surface area contributed by atoms with Gasteiger partial charge in [-0.05, 0) is 18.9 Å². The molecular weight excluding hydrogens is 224 g/mol. The van der Waals surface area contributed by atoms with Gasteiger partial charge < -0.3 is 9.67 Å². The minimum Gasteiger partial charge on any atom is -0.396 e. The lowest BCUT2D eigenvalue weighted by Gasteiger charge is -2.06. The maximum absolute atomic E-state index is 9.08. The number of aromatic nitrogens is 2.